The van der Waals surface area contributed by atoms with Crippen LogP contribution < -0.4 is 15.4 Å². The van der Waals surface area contributed by atoms with Gasteiger partial charge in [0.25, 0.3) is 0 Å². The van der Waals surface area contributed by atoms with E-state index in [0.717, 1.165) is 49.1 Å². The molecule has 1 aromatic heterocycles. The second kappa shape index (κ2) is 13.5. The summed E-state index contributed by atoms with van der Waals surface area (Å²) in [5.41, 5.74) is 4.59. The first-order valence-corrected chi connectivity index (χ1v) is 10.3. The Morgan fingerprint density at radius 3 is 2.43 bits per heavy atom. The zero-order valence-corrected chi connectivity index (χ0v) is 21.5. The van der Waals surface area contributed by atoms with Gasteiger partial charge in [0.15, 0.2) is 5.96 Å². The second-order valence-electron chi connectivity index (χ2n) is 7.47. The molecule has 8 heteroatoms. The molecular formula is C22H37IN6O. The number of aryl methyl sites for hydroxylation is 2. The summed E-state index contributed by atoms with van der Waals surface area (Å²) < 4.78 is 7.71. The summed E-state index contributed by atoms with van der Waals surface area (Å²) in [5, 5.41) is 11.2. The summed E-state index contributed by atoms with van der Waals surface area (Å²) in [4.78, 5) is 6.87. The fraction of sp³-hybridized carbons (Fsp3) is 0.545. The molecule has 30 heavy (non-hydrogen) atoms. The summed E-state index contributed by atoms with van der Waals surface area (Å²) in [6.07, 6.45) is 1.02. The van der Waals surface area contributed by atoms with Gasteiger partial charge < -0.3 is 20.3 Å². The number of aromatic nitrogens is 2. The van der Waals surface area contributed by atoms with Gasteiger partial charge in [0.2, 0.25) is 0 Å². The highest BCUT2D eigenvalue weighted by Gasteiger charge is 2.09. The zero-order valence-electron chi connectivity index (χ0n) is 19.2. The average molecular weight is 528 g/mol. The number of nitrogens with one attached hydrogen (secondary N) is 2. The first-order chi connectivity index (χ1) is 13.9. The van der Waals surface area contributed by atoms with E-state index < -0.39 is 0 Å². The quantitative estimate of drug-likeness (QED) is 0.215. The number of ether oxygens (including phenoxy) is 1. The van der Waals surface area contributed by atoms with Crippen molar-refractivity contribution in [3.05, 3.63) is 46.8 Å². The van der Waals surface area contributed by atoms with Crippen molar-refractivity contribution in [2.45, 2.75) is 40.3 Å². The molecule has 2 N–H and O–H groups in total. The number of nitrogens with zero attached hydrogens (tertiary/aromatic N) is 4. The fourth-order valence-electron chi connectivity index (χ4n) is 3.02. The Morgan fingerprint density at radius 2 is 1.87 bits per heavy atom. The highest BCUT2D eigenvalue weighted by atomic mass is 127. The standard InChI is InChI=1S/C22H36N6O.HI/c1-7-23-22(25-16-21-17(2)26-28(6)18(21)3)24-15-19-9-11-20(12-10-19)29-14-8-13-27(4)5;/h9-12H,7-8,13-16H2,1-6H3,(H2,23,24,25);1H. The van der Waals surface area contributed by atoms with Crippen molar-refractivity contribution < 1.29 is 4.74 Å². The van der Waals surface area contributed by atoms with Crippen LogP contribution in [0.5, 0.6) is 5.75 Å². The van der Waals surface area contributed by atoms with Crippen LogP contribution in [0.2, 0.25) is 0 Å². The Balaban J connectivity index is 0.00000450. The molecule has 0 saturated carbocycles. The molecule has 0 atom stereocenters. The molecule has 7 nitrogen and oxygen atoms in total. The molecule has 0 saturated heterocycles. The van der Waals surface area contributed by atoms with E-state index in [-0.39, 0.29) is 24.0 Å². The number of halogens is 1. The first-order valence-electron chi connectivity index (χ1n) is 10.3. The lowest BCUT2D eigenvalue weighted by molar-refractivity contribution is 0.281. The first kappa shape index (κ1) is 26.2. The molecule has 0 bridgehead atoms. The normalized spacial score (nSPS) is 11.4. The van der Waals surface area contributed by atoms with E-state index in [4.69, 9.17) is 9.73 Å². The lowest BCUT2D eigenvalue weighted by Crippen LogP contribution is -2.37. The number of hydrogen-bond acceptors (Lipinski definition) is 4. The molecule has 0 radical (unpaired) electrons. The van der Waals surface area contributed by atoms with E-state index in [2.05, 4.69) is 60.7 Å². The summed E-state index contributed by atoms with van der Waals surface area (Å²) in [5.74, 6) is 1.71. The number of benzene rings is 1. The van der Waals surface area contributed by atoms with Crippen molar-refractivity contribution in [1.29, 1.82) is 0 Å². The van der Waals surface area contributed by atoms with Gasteiger partial charge in [-0.15, -0.1) is 24.0 Å². The van der Waals surface area contributed by atoms with Crippen molar-refractivity contribution in [2.75, 3.05) is 33.8 Å². The molecule has 0 unspecified atom stereocenters. The topological polar surface area (TPSA) is 66.7 Å². The molecule has 0 aliphatic carbocycles. The van der Waals surface area contributed by atoms with Crippen molar-refractivity contribution in [3.8, 4) is 5.75 Å². The van der Waals surface area contributed by atoms with Gasteiger partial charge in [-0.25, -0.2) is 4.99 Å². The summed E-state index contributed by atoms with van der Waals surface area (Å²) in [7, 11) is 6.12. The van der Waals surface area contributed by atoms with Crippen molar-refractivity contribution >= 4 is 29.9 Å². The van der Waals surface area contributed by atoms with Crippen LogP contribution in [0.4, 0.5) is 0 Å². The Labute approximate surface area is 198 Å². The molecule has 0 fully saturated rings. The molecule has 1 aromatic carbocycles. The Hall–Kier alpha value is -1.81. The number of aliphatic imine (C=N–C) groups is 1. The van der Waals surface area contributed by atoms with E-state index in [9.17, 15) is 0 Å². The zero-order chi connectivity index (χ0) is 21.2. The van der Waals surface area contributed by atoms with Crippen molar-refractivity contribution in [3.63, 3.8) is 0 Å². The number of hydrogen-bond donors (Lipinski definition) is 2. The maximum Gasteiger partial charge on any atom is 0.191 e. The smallest absolute Gasteiger partial charge is 0.191 e. The van der Waals surface area contributed by atoms with Crippen molar-refractivity contribution in [2.24, 2.45) is 12.0 Å². The fourth-order valence-corrected chi connectivity index (χ4v) is 3.02. The van der Waals surface area contributed by atoms with Crippen LogP contribution in [0.3, 0.4) is 0 Å². The third-order valence-electron chi connectivity index (χ3n) is 4.80. The molecular weight excluding hydrogens is 491 g/mol. The minimum atomic E-state index is 0. The molecule has 1 heterocycles. The molecule has 0 amide bonds. The lowest BCUT2D eigenvalue weighted by Gasteiger charge is -2.12. The predicted octanol–water partition coefficient (Wildman–Crippen LogP) is 3.24. The van der Waals surface area contributed by atoms with Crippen LogP contribution in [0.15, 0.2) is 29.3 Å². The lowest BCUT2D eigenvalue weighted by atomic mass is 10.2. The van der Waals surface area contributed by atoms with E-state index in [1.807, 2.05) is 30.8 Å². The summed E-state index contributed by atoms with van der Waals surface area (Å²) in [6, 6.07) is 8.18. The maximum atomic E-state index is 5.79. The summed E-state index contributed by atoms with van der Waals surface area (Å²) in [6.45, 7) is 10.1. The van der Waals surface area contributed by atoms with Gasteiger partial charge in [0, 0.05) is 37.9 Å². The predicted molar refractivity (Wildman–Crippen MR) is 135 cm³/mol. The van der Waals surface area contributed by atoms with Crippen LogP contribution in [-0.4, -0.2) is 54.4 Å². The molecule has 2 aromatic rings. The van der Waals surface area contributed by atoms with Crippen LogP contribution in [0.25, 0.3) is 0 Å². The van der Waals surface area contributed by atoms with Gasteiger partial charge in [-0.2, -0.15) is 5.10 Å². The highest BCUT2D eigenvalue weighted by molar-refractivity contribution is 14.0. The third-order valence-corrected chi connectivity index (χ3v) is 4.80. The van der Waals surface area contributed by atoms with Gasteiger partial charge >= 0.3 is 0 Å². The SMILES string of the molecule is CCNC(=NCc1ccc(OCCCN(C)C)cc1)NCc1c(C)nn(C)c1C.I. The van der Waals surface area contributed by atoms with E-state index >= 15 is 0 Å². The number of rotatable bonds is 10. The second-order valence-corrected chi connectivity index (χ2v) is 7.47. The van der Waals surface area contributed by atoms with E-state index in [1.165, 1.54) is 11.3 Å². The van der Waals surface area contributed by atoms with Crippen LogP contribution in [0, 0.1) is 13.8 Å². The van der Waals surface area contributed by atoms with Crippen LogP contribution in [0.1, 0.15) is 35.9 Å². The molecule has 0 spiro atoms. The largest absolute Gasteiger partial charge is 0.494 e. The molecule has 2 rings (SSSR count). The van der Waals surface area contributed by atoms with Gasteiger partial charge in [0.1, 0.15) is 5.75 Å². The molecule has 0 aliphatic rings. The molecule has 0 aliphatic heterocycles. The van der Waals surface area contributed by atoms with Gasteiger partial charge in [-0.1, -0.05) is 12.1 Å². The van der Waals surface area contributed by atoms with Gasteiger partial charge in [0.05, 0.1) is 18.8 Å². The average Bonchev–Trinajstić information content (AvgIpc) is 2.93. The Bertz CT molecular complexity index is 786. The van der Waals surface area contributed by atoms with Gasteiger partial charge in [-0.05, 0) is 59.0 Å². The minimum Gasteiger partial charge on any atom is -0.494 e. The third kappa shape index (κ3) is 8.51. The van der Waals surface area contributed by atoms with E-state index in [1.54, 1.807) is 0 Å². The monoisotopic (exact) mass is 528 g/mol. The van der Waals surface area contributed by atoms with E-state index in [0.29, 0.717) is 13.1 Å². The summed E-state index contributed by atoms with van der Waals surface area (Å²) >= 11 is 0. The Morgan fingerprint density at radius 1 is 1.17 bits per heavy atom. The maximum absolute atomic E-state index is 5.79. The molecule has 168 valence electrons. The highest BCUT2D eigenvalue weighted by Crippen LogP contribution is 2.14. The van der Waals surface area contributed by atoms with Crippen molar-refractivity contribution in [1.82, 2.24) is 25.3 Å². The Kier molecular flexibility index (Phi) is 11.8. The minimum absolute atomic E-state index is 0. The van der Waals surface area contributed by atoms with Crippen LogP contribution in [-0.2, 0) is 20.1 Å². The number of guanidine groups is 1. The van der Waals surface area contributed by atoms with Crippen LogP contribution >= 0.6 is 24.0 Å². The van der Waals surface area contributed by atoms with Gasteiger partial charge in [-0.3, -0.25) is 4.68 Å².